The molecule has 0 bridgehead atoms. The van der Waals surface area contributed by atoms with Crippen molar-refractivity contribution in [1.29, 1.82) is 0 Å². The number of methoxy groups -OCH3 is 1. The van der Waals surface area contributed by atoms with Gasteiger partial charge in [-0.2, -0.15) is 0 Å². The number of amides is 4. The predicted octanol–water partition coefficient (Wildman–Crippen LogP) is 1.48. The fourth-order valence-electron chi connectivity index (χ4n) is 4.17. The van der Waals surface area contributed by atoms with Crippen molar-refractivity contribution in [3.05, 3.63) is 18.2 Å². The van der Waals surface area contributed by atoms with Gasteiger partial charge in [-0.15, -0.1) is 0 Å². The van der Waals surface area contributed by atoms with E-state index in [0.29, 0.717) is 12.8 Å². The van der Waals surface area contributed by atoms with Crippen molar-refractivity contribution in [3.63, 3.8) is 0 Å². The minimum Gasteiger partial charge on any atom is -0.495 e. The number of benzene rings is 1. The number of urea groups is 1. The van der Waals surface area contributed by atoms with Gasteiger partial charge in [0.05, 0.1) is 7.11 Å². The molecule has 1 saturated heterocycles. The van der Waals surface area contributed by atoms with Gasteiger partial charge in [0.2, 0.25) is 15.9 Å². The minimum absolute atomic E-state index is 0.105. The van der Waals surface area contributed by atoms with E-state index in [-0.39, 0.29) is 22.2 Å². The number of imide groups is 1. The van der Waals surface area contributed by atoms with Gasteiger partial charge in [0.1, 0.15) is 22.7 Å². The topological polar surface area (TPSA) is 116 Å². The molecule has 0 aromatic heterocycles. The number of carbonyl (C=O) groups is 3. The van der Waals surface area contributed by atoms with Crippen LogP contribution in [0.15, 0.2) is 23.1 Å². The van der Waals surface area contributed by atoms with Crippen molar-refractivity contribution in [2.24, 2.45) is 0 Å². The molecule has 1 spiro atoms. The molecule has 3 rings (SSSR count). The van der Waals surface area contributed by atoms with Gasteiger partial charge in [-0.3, -0.25) is 14.5 Å². The number of sulfonamides is 1. The SMILES string of the molecule is COc1ccc(NC(=O)CN2C(=O)N(C)C3(CCCCC3)C2=O)cc1S(=O)(=O)N(C)C. The van der Waals surface area contributed by atoms with E-state index in [4.69, 9.17) is 4.74 Å². The van der Waals surface area contributed by atoms with Crippen LogP contribution in [0.25, 0.3) is 0 Å². The van der Waals surface area contributed by atoms with E-state index >= 15 is 0 Å². The molecule has 0 unspecified atom stereocenters. The fourth-order valence-corrected chi connectivity index (χ4v) is 5.24. The van der Waals surface area contributed by atoms with Crippen LogP contribution in [-0.2, 0) is 19.6 Å². The number of anilines is 1. The molecular weight excluding hydrogens is 424 g/mol. The first-order valence-electron chi connectivity index (χ1n) is 10.0. The van der Waals surface area contributed by atoms with Gasteiger partial charge >= 0.3 is 6.03 Å². The van der Waals surface area contributed by atoms with Crippen LogP contribution in [-0.4, -0.2) is 80.7 Å². The van der Waals surface area contributed by atoms with Crippen LogP contribution >= 0.6 is 0 Å². The normalized spacial score (nSPS) is 18.7. The summed E-state index contributed by atoms with van der Waals surface area (Å²) in [5, 5.41) is 2.58. The second-order valence-corrected chi connectivity index (χ2v) is 10.1. The molecule has 31 heavy (non-hydrogen) atoms. The van der Waals surface area contributed by atoms with E-state index in [9.17, 15) is 22.8 Å². The maximum atomic E-state index is 13.0. The first kappa shape index (κ1) is 23.0. The van der Waals surface area contributed by atoms with Crippen molar-refractivity contribution in [3.8, 4) is 5.75 Å². The fraction of sp³-hybridized carbons (Fsp3) is 0.550. The molecule has 1 aromatic rings. The molecule has 1 aromatic carbocycles. The molecule has 1 saturated carbocycles. The van der Waals surface area contributed by atoms with E-state index in [0.717, 1.165) is 28.5 Å². The molecular formula is C20H28N4O6S. The lowest BCUT2D eigenvalue weighted by atomic mass is 9.81. The molecule has 1 heterocycles. The third-order valence-electron chi connectivity index (χ3n) is 5.99. The summed E-state index contributed by atoms with van der Waals surface area (Å²) in [4.78, 5) is 40.6. The lowest BCUT2D eigenvalue weighted by molar-refractivity contribution is -0.136. The average Bonchev–Trinajstić information content (AvgIpc) is 2.90. The van der Waals surface area contributed by atoms with Crippen molar-refractivity contribution >= 4 is 33.6 Å². The second kappa shape index (κ2) is 8.46. The Bertz CT molecular complexity index is 1000. The van der Waals surface area contributed by atoms with E-state index in [1.54, 1.807) is 7.05 Å². The van der Waals surface area contributed by atoms with Crippen LogP contribution in [0, 0.1) is 0 Å². The Balaban J connectivity index is 1.78. The zero-order valence-electron chi connectivity index (χ0n) is 18.2. The summed E-state index contributed by atoms with van der Waals surface area (Å²) in [6.45, 7) is -0.439. The van der Waals surface area contributed by atoms with Crippen LogP contribution in [0.3, 0.4) is 0 Å². The smallest absolute Gasteiger partial charge is 0.327 e. The van der Waals surface area contributed by atoms with Crippen LogP contribution < -0.4 is 10.1 Å². The summed E-state index contributed by atoms with van der Waals surface area (Å²) >= 11 is 0. The van der Waals surface area contributed by atoms with Gasteiger partial charge in [0.15, 0.2) is 0 Å². The molecule has 0 radical (unpaired) electrons. The Hall–Kier alpha value is -2.66. The third-order valence-corrected chi connectivity index (χ3v) is 7.83. The number of nitrogens with zero attached hydrogens (tertiary/aromatic N) is 3. The van der Waals surface area contributed by atoms with Crippen LogP contribution in [0.4, 0.5) is 10.5 Å². The minimum atomic E-state index is -3.81. The van der Waals surface area contributed by atoms with Gasteiger partial charge in [0, 0.05) is 26.8 Å². The van der Waals surface area contributed by atoms with E-state index in [1.807, 2.05) is 0 Å². The average molecular weight is 453 g/mol. The van der Waals surface area contributed by atoms with Gasteiger partial charge in [0.25, 0.3) is 5.91 Å². The molecule has 170 valence electrons. The number of likely N-dealkylation sites (N-methyl/N-ethyl adjacent to an activating group) is 1. The Morgan fingerprint density at radius 2 is 1.84 bits per heavy atom. The zero-order valence-corrected chi connectivity index (χ0v) is 19.0. The molecule has 2 fully saturated rings. The van der Waals surface area contributed by atoms with Crippen LogP contribution in [0.2, 0.25) is 0 Å². The van der Waals surface area contributed by atoms with Gasteiger partial charge in [-0.1, -0.05) is 19.3 Å². The molecule has 1 aliphatic heterocycles. The summed E-state index contributed by atoms with van der Waals surface area (Å²) < 4.78 is 31.3. The highest BCUT2D eigenvalue weighted by Gasteiger charge is 2.55. The summed E-state index contributed by atoms with van der Waals surface area (Å²) in [7, 11) is 1.92. The highest BCUT2D eigenvalue weighted by atomic mass is 32.2. The second-order valence-electron chi connectivity index (χ2n) is 8.03. The summed E-state index contributed by atoms with van der Waals surface area (Å²) in [6.07, 6.45) is 3.93. The molecule has 11 heteroatoms. The first-order valence-corrected chi connectivity index (χ1v) is 11.5. The van der Waals surface area contributed by atoms with Gasteiger partial charge < -0.3 is 15.0 Å². The number of rotatable bonds is 6. The van der Waals surface area contributed by atoms with Crippen molar-refractivity contribution < 1.29 is 27.5 Å². The van der Waals surface area contributed by atoms with Crippen molar-refractivity contribution in [2.45, 2.75) is 42.5 Å². The largest absolute Gasteiger partial charge is 0.495 e. The quantitative estimate of drug-likeness (QED) is 0.654. The third kappa shape index (κ3) is 3.99. The summed E-state index contributed by atoms with van der Waals surface area (Å²) in [5.74, 6) is -0.806. The zero-order chi connectivity index (χ0) is 23.0. The van der Waals surface area contributed by atoms with Crippen molar-refractivity contribution in [1.82, 2.24) is 14.1 Å². The van der Waals surface area contributed by atoms with Crippen LogP contribution in [0.1, 0.15) is 32.1 Å². The lowest BCUT2D eigenvalue weighted by Gasteiger charge is -2.35. The molecule has 1 aliphatic carbocycles. The van der Waals surface area contributed by atoms with E-state index < -0.39 is 34.0 Å². The van der Waals surface area contributed by atoms with Gasteiger partial charge in [-0.25, -0.2) is 17.5 Å². The number of hydrogen-bond acceptors (Lipinski definition) is 6. The Labute approximate surface area is 182 Å². The summed E-state index contributed by atoms with van der Waals surface area (Å²) in [6, 6.07) is 3.72. The molecule has 10 nitrogen and oxygen atoms in total. The number of ether oxygens (including phenoxy) is 1. The molecule has 2 aliphatic rings. The standard InChI is InChI=1S/C20H28N4O6S/c1-22(2)31(28,29)16-12-14(8-9-15(16)30-4)21-17(25)13-24-18(26)20(23(3)19(24)27)10-6-5-7-11-20/h8-9,12H,5-7,10-11,13H2,1-4H3,(H,21,25). The maximum absolute atomic E-state index is 13.0. The molecule has 0 atom stereocenters. The Kier molecular flexibility index (Phi) is 6.28. The Morgan fingerprint density at radius 3 is 2.42 bits per heavy atom. The van der Waals surface area contributed by atoms with E-state index in [1.165, 1.54) is 44.3 Å². The van der Waals surface area contributed by atoms with Crippen molar-refractivity contribution in [2.75, 3.05) is 40.1 Å². The number of carbonyl (C=O) groups excluding carboxylic acids is 3. The highest BCUT2D eigenvalue weighted by molar-refractivity contribution is 7.89. The maximum Gasteiger partial charge on any atom is 0.327 e. The predicted molar refractivity (Wildman–Crippen MR) is 113 cm³/mol. The first-order chi connectivity index (χ1) is 14.5. The molecule has 1 N–H and O–H groups in total. The van der Waals surface area contributed by atoms with Gasteiger partial charge in [-0.05, 0) is 31.0 Å². The highest BCUT2D eigenvalue weighted by Crippen LogP contribution is 2.39. The molecule has 4 amide bonds. The number of nitrogens with one attached hydrogen (secondary N) is 1. The summed E-state index contributed by atoms with van der Waals surface area (Å²) in [5.41, 5.74) is -0.645. The lowest BCUT2D eigenvalue weighted by Crippen LogP contribution is -2.49. The van der Waals surface area contributed by atoms with Crippen LogP contribution in [0.5, 0.6) is 5.75 Å². The number of hydrogen-bond donors (Lipinski definition) is 1. The monoisotopic (exact) mass is 452 g/mol. The van der Waals surface area contributed by atoms with E-state index in [2.05, 4.69) is 5.32 Å². The Morgan fingerprint density at radius 1 is 1.19 bits per heavy atom.